The van der Waals surface area contributed by atoms with E-state index < -0.39 is 0 Å². The predicted molar refractivity (Wildman–Crippen MR) is 103 cm³/mol. The van der Waals surface area contributed by atoms with Crippen molar-refractivity contribution in [3.8, 4) is 16.9 Å². The Kier molecular flexibility index (Phi) is 3.22. The van der Waals surface area contributed by atoms with Crippen LogP contribution in [0.1, 0.15) is 0 Å². The van der Waals surface area contributed by atoms with E-state index in [-0.39, 0.29) is 5.63 Å². The first-order valence-corrected chi connectivity index (χ1v) is 8.38. The van der Waals surface area contributed by atoms with Gasteiger partial charge in [0, 0.05) is 10.9 Å². The SMILES string of the molecule is O=c1oc2ccccc2c2c1c(-c1ccccc1)nn2-c1ccccc1. The van der Waals surface area contributed by atoms with E-state index in [4.69, 9.17) is 9.52 Å². The molecular weight excluding hydrogens is 324 g/mol. The lowest BCUT2D eigenvalue weighted by molar-refractivity contribution is 0.570. The summed E-state index contributed by atoms with van der Waals surface area (Å²) in [6.45, 7) is 0. The molecule has 5 rings (SSSR count). The van der Waals surface area contributed by atoms with Crippen molar-refractivity contribution in [2.45, 2.75) is 0 Å². The summed E-state index contributed by atoms with van der Waals surface area (Å²) in [4.78, 5) is 12.8. The Balaban J connectivity index is 2.00. The summed E-state index contributed by atoms with van der Waals surface area (Å²) < 4.78 is 7.41. The summed E-state index contributed by atoms with van der Waals surface area (Å²) >= 11 is 0. The van der Waals surface area contributed by atoms with Crippen molar-refractivity contribution in [1.82, 2.24) is 9.78 Å². The Morgan fingerprint density at radius 3 is 2.19 bits per heavy atom. The molecule has 0 aliphatic rings. The van der Waals surface area contributed by atoms with Crippen LogP contribution in [-0.4, -0.2) is 9.78 Å². The fraction of sp³-hybridized carbons (Fsp3) is 0. The third kappa shape index (κ3) is 2.16. The fourth-order valence-electron chi connectivity index (χ4n) is 3.32. The molecule has 2 heterocycles. The second-order valence-corrected chi connectivity index (χ2v) is 6.07. The van der Waals surface area contributed by atoms with E-state index in [2.05, 4.69) is 0 Å². The van der Waals surface area contributed by atoms with Crippen LogP contribution >= 0.6 is 0 Å². The lowest BCUT2D eigenvalue weighted by Crippen LogP contribution is -2.01. The lowest BCUT2D eigenvalue weighted by Gasteiger charge is -2.05. The third-order valence-corrected chi connectivity index (χ3v) is 4.48. The second kappa shape index (κ2) is 5.70. The van der Waals surface area contributed by atoms with Gasteiger partial charge >= 0.3 is 5.63 Å². The van der Waals surface area contributed by atoms with E-state index in [0.29, 0.717) is 16.7 Å². The minimum atomic E-state index is -0.375. The maximum Gasteiger partial charge on any atom is 0.348 e. The fourth-order valence-corrected chi connectivity index (χ4v) is 3.32. The molecule has 0 amide bonds. The van der Waals surface area contributed by atoms with E-state index >= 15 is 0 Å². The zero-order valence-electron chi connectivity index (χ0n) is 13.8. The number of benzene rings is 3. The molecule has 3 aromatic carbocycles. The monoisotopic (exact) mass is 338 g/mol. The van der Waals surface area contributed by atoms with Gasteiger partial charge in [-0.25, -0.2) is 9.48 Å². The van der Waals surface area contributed by atoms with E-state index in [1.807, 2.05) is 83.5 Å². The summed E-state index contributed by atoms with van der Waals surface area (Å²) in [5, 5.41) is 6.16. The maximum absolute atomic E-state index is 12.8. The predicted octanol–water partition coefficient (Wildman–Crippen LogP) is 4.80. The van der Waals surface area contributed by atoms with Crippen LogP contribution in [0.3, 0.4) is 0 Å². The molecule has 0 saturated heterocycles. The van der Waals surface area contributed by atoms with E-state index in [1.165, 1.54) is 0 Å². The minimum Gasteiger partial charge on any atom is -0.422 e. The Bertz CT molecular complexity index is 1290. The van der Waals surface area contributed by atoms with Crippen LogP contribution in [0.15, 0.2) is 94.1 Å². The van der Waals surface area contributed by atoms with Crippen molar-refractivity contribution in [3.05, 3.63) is 95.3 Å². The summed E-state index contributed by atoms with van der Waals surface area (Å²) in [5.41, 5.74) is 3.36. The third-order valence-electron chi connectivity index (χ3n) is 4.48. The smallest absolute Gasteiger partial charge is 0.348 e. The van der Waals surface area contributed by atoms with Gasteiger partial charge in [-0.05, 0) is 24.3 Å². The highest BCUT2D eigenvalue weighted by molar-refractivity contribution is 6.07. The van der Waals surface area contributed by atoms with Gasteiger partial charge in [0.25, 0.3) is 0 Å². The van der Waals surface area contributed by atoms with Gasteiger partial charge in [0.05, 0.1) is 11.2 Å². The van der Waals surface area contributed by atoms with Gasteiger partial charge in [-0.2, -0.15) is 5.10 Å². The van der Waals surface area contributed by atoms with Crippen molar-refractivity contribution in [3.63, 3.8) is 0 Å². The molecule has 0 radical (unpaired) electrons. The van der Waals surface area contributed by atoms with Gasteiger partial charge in [-0.3, -0.25) is 0 Å². The highest BCUT2D eigenvalue weighted by Gasteiger charge is 2.20. The first-order chi connectivity index (χ1) is 12.8. The number of hydrogen-bond donors (Lipinski definition) is 0. The average molecular weight is 338 g/mol. The highest BCUT2D eigenvalue weighted by Crippen LogP contribution is 2.32. The van der Waals surface area contributed by atoms with Crippen LogP contribution in [0, 0.1) is 0 Å². The first kappa shape index (κ1) is 14.7. The zero-order valence-corrected chi connectivity index (χ0v) is 13.8. The summed E-state index contributed by atoms with van der Waals surface area (Å²) in [5.74, 6) is 0. The van der Waals surface area contributed by atoms with Crippen molar-refractivity contribution >= 4 is 21.9 Å². The van der Waals surface area contributed by atoms with Crippen molar-refractivity contribution in [1.29, 1.82) is 0 Å². The van der Waals surface area contributed by atoms with Crippen LogP contribution in [0.2, 0.25) is 0 Å². The normalized spacial score (nSPS) is 11.2. The maximum atomic E-state index is 12.8. The second-order valence-electron chi connectivity index (χ2n) is 6.07. The van der Waals surface area contributed by atoms with E-state index in [1.54, 1.807) is 6.07 Å². The number of fused-ring (bicyclic) bond motifs is 3. The Labute approximate surface area is 148 Å². The molecule has 0 bridgehead atoms. The zero-order chi connectivity index (χ0) is 17.5. The van der Waals surface area contributed by atoms with Gasteiger partial charge in [-0.15, -0.1) is 0 Å². The highest BCUT2D eigenvalue weighted by atomic mass is 16.4. The molecule has 0 aliphatic carbocycles. The summed E-state index contributed by atoms with van der Waals surface area (Å²) in [6.07, 6.45) is 0. The average Bonchev–Trinajstić information content (AvgIpc) is 3.11. The molecule has 5 aromatic rings. The van der Waals surface area contributed by atoms with E-state index in [9.17, 15) is 4.79 Å². The van der Waals surface area contributed by atoms with Crippen molar-refractivity contribution < 1.29 is 4.42 Å². The molecule has 0 spiro atoms. The van der Waals surface area contributed by atoms with Crippen molar-refractivity contribution in [2.75, 3.05) is 0 Å². The minimum absolute atomic E-state index is 0.375. The Morgan fingerprint density at radius 1 is 0.769 bits per heavy atom. The Hall–Kier alpha value is -3.66. The molecule has 2 aromatic heterocycles. The molecule has 0 unspecified atom stereocenters. The van der Waals surface area contributed by atoms with Crippen LogP contribution < -0.4 is 5.63 Å². The molecule has 4 nitrogen and oxygen atoms in total. The van der Waals surface area contributed by atoms with Gasteiger partial charge in [-0.1, -0.05) is 60.7 Å². The summed E-state index contributed by atoms with van der Waals surface area (Å²) in [7, 11) is 0. The molecule has 0 fully saturated rings. The number of aromatic nitrogens is 2. The summed E-state index contributed by atoms with van der Waals surface area (Å²) in [6, 6.07) is 27.1. The number of rotatable bonds is 2. The number of hydrogen-bond acceptors (Lipinski definition) is 3. The molecule has 4 heteroatoms. The largest absolute Gasteiger partial charge is 0.422 e. The van der Waals surface area contributed by atoms with Gasteiger partial charge < -0.3 is 4.42 Å². The molecule has 0 N–H and O–H groups in total. The molecular formula is C22H14N2O2. The van der Waals surface area contributed by atoms with Crippen LogP contribution in [0.4, 0.5) is 0 Å². The number of para-hydroxylation sites is 2. The van der Waals surface area contributed by atoms with Crippen LogP contribution in [0.5, 0.6) is 0 Å². The topological polar surface area (TPSA) is 48.0 Å². The molecule has 0 atom stereocenters. The molecule has 26 heavy (non-hydrogen) atoms. The standard InChI is InChI=1S/C22H14N2O2/c25-22-19-20(15-9-3-1-4-10-15)23-24(16-11-5-2-6-12-16)21(19)17-13-7-8-14-18(17)26-22/h1-14H. The van der Waals surface area contributed by atoms with Gasteiger partial charge in [0.1, 0.15) is 16.7 Å². The lowest BCUT2D eigenvalue weighted by atomic mass is 10.1. The van der Waals surface area contributed by atoms with Gasteiger partial charge in [0.15, 0.2) is 0 Å². The Morgan fingerprint density at radius 2 is 1.42 bits per heavy atom. The van der Waals surface area contributed by atoms with Crippen LogP contribution in [0.25, 0.3) is 38.8 Å². The van der Waals surface area contributed by atoms with Gasteiger partial charge in [0.2, 0.25) is 0 Å². The van der Waals surface area contributed by atoms with Crippen LogP contribution in [-0.2, 0) is 0 Å². The molecule has 124 valence electrons. The molecule has 0 saturated carbocycles. The number of nitrogens with zero attached hydrogens (tertiary/aromatic N) is 2. The first-order valence-electron chi connectivity index (χ1n) is 8.38. The quantitative estimate of drug-likeness (QED) is 0.434. The van der Waals surface area contributed by atoms with E-state index in [0.717, 1.165) is 22.2 Å². The molecule has 0 aliphatic heterocycles. The van der Waals surface area contributed by atoms with Crippen molar-refractivity contribution in [2.24, 2.45) is 0 Å².